The largest absolute Gasteiger partial charge is 0.381 e. The minimum atomic E-state index is -0.582. The molecule has 0 atom stereocenters. The fourth-order valence-electron chi connectivity index (χ4n) is 1.62. The van der Waals surface area contributed by atoms with Crippen molar-refractivity contribution in [2.24, 2.45) is 5.92 Å². The molecular formula is C11H17N5O3. The monoisotopic (exact) mass is 267 g/mol. The van der Waals surface area contributed by atoms with Crippen LogP contribution in [0.2, 0.25) is 0 Å². The van der Waals surface area contributed by atoms with Crippen LogP contribution in [0.4, 0.5) is 17.3 Å². The maximum atomic E-state index is 10.8. The highest BCUT2D eigenvalue weighted by atomic mass is 16.6. The van der Waals surface area contributed by atoms with Crippen LogP contribution in [0.3, 0.4) is 0 Å². The number of ether oxygens (including phenoxy) is 1. The van der Waals surface area contributed by atoms with Gasteiger partial charge in [0.25, 0.3) is 0 Å². The first-order valence-electron chi connectivity index (χ1n) is 6.25. The molecule has 0 radical (unpaired) electrons. The van der Waals surface area contributed by atoms with E-state index >= 15 is 0 Å². The Bertz CT molecular complexity index is 450. The van der Waals surface area contributed by atoms with Gasteiger partial charge in [-0.15, -0.1) is 0 Å². The fourth-order valence-corrected chi connectivity index (χ4v) is 1.62. The van der Waals surface area contributed by atoms with Crippen molar-refractivity contribution in [2.45, 2.75) is 19.3 Å². The lowest BCUT2D eigenvalue weighted by atomic mass is 10.4. The topological polar surface area (TPSA) is 116 Å². The van der Waals surface area contributed by atoms with Gasteiger partial charge in [-0.2, -0.15) is 0 Å². The van der Waals surface area contributed by atoms with Crippen LogP contribution in [0.15, 0.2) is 6.33 Å². The number of hydrogen-bond acceptors (Lipinski definition) is 7. The molecule has 0 spiro atoms. The summed E-state index contributed by atoms with van der Waals surface area (Å²) in [4.78, 5) is 17.7. The molecule has 0 unspecified atom stereocenters. The minimum absolute atomic E-state index is 0.132. The van der Waals surface area contributed by atoms with Gasteiger partial charge in [-0.3, -0.25) is 10.1 Å². The molecule has 0 amide bonds. The predicted molar refractivity (Wildman–Crippen MR) is 69.7 cm³/mol. The Kier molecular flexibility index (Phi) is 4.45. The molecule has 1 heterocycles. The molecule has 19 heavy (non-hydrogen) atoms. The van der Waals surface area contributed by atoms with Gasteiger partial charge < -0.3 is 15.8 Å². The maximum Gasteiger partial charge on any atom is 0.352 e. The van der Waals surface area contributed by atoms with Crippen LogP contribution >= 0.6 is 0 Å². The minimum Gasteiger partial charge on any atom is -0.381 e. The summed E-state index contributed by atoms with van der Waals surface area (Å²) < 4.78 is 5.47. The summed E-state index contributed by atoms with van der Waals surface area (Å²) in [5.41, 5.74) is 5.18. The molecule has 1 saturated carbocycles. The average molecular weight is 267 g/mol. The van der Waals surface area contributed by atoms with E-state index in [2.05, 4.69) is 15.3 Å². The molecule has 0 aromatic carbocycles. The van der Waals surface area contributed by atoms with Gasteiger partial charge >= 0.3 is 5.69 Å². The highest BCUT2D eigenvalue weighted by molar-refractivity contribution is 5.67. The molecule has 1 fully saturated rings. The van der Waals surface area contributed by atoms with Crippen LogP contribution in [-0.2, 0) is 4.74 Å². The highest BCUT2D eigenvalue weighted by Gasteiger charge is 2.21. The first-order valence-corrected chi connectivity index (χ1v) is 6.25. The van der Waals surface area contributed by atoms with E-state index in [0.29, 0.717) is 13.2 Å². The SMILES string of the molecule is Nc1ncnc(NCCCOCC2CC2)c1[N+](=O)[O-]. The molecule has 1 aliphatic rings. The third kappa shape index (κ3) is 4.02. The van der Waals surface area contributed by atoms with Crippen LogP contribution in [0.5, 0.6) is 0 Å². The smallest absolute Gasteiger partial charge is 0.352 e. The zero-order chi connectivity index (χ0) is 13.7. The summed E-state index contributed by atoms with van der Waals surface area (Å²) in [5.74, 6) is 0.767. The van der Waals surface area contributed by atoms with Gasteiger partial charge in [0, 0.05) is 19.8 Å². The molecule has 2 rings (SSSR count). The van der Waals surface area contributed by atoms with Crippen molar-refractivity contribution in [1.82, 2.24) is 9.97 Å². The fraction of sp³-hybridized carbons (Fsp3) is 0.636. The number of hydrogen-bond donors (Lipinski definition) is 2. The summed E-state index contributed by atoms with van der Waals surface area (Å²) in [5, 5.41) is 13.7. The number of nitrogens with one attached hydrogen (secondary N) is 1. The Labute approximate surface area is 110 Å². The second-order valence-electron chi connectivity index (χ2n) is 4.51. The van der Waals surface area contributed by atoms with Crippen LogP contribution in [0, 0.1) is 16.0 Å². The summed E-state index contributed by atoms with van der Waals surface area (Å²) in [6.45, 7) is 2.00. The van der Waals surface area contributed by atoms with E-state index < -0.39 is 4.92 Å². The first kappa shape index (κ1) is 13.5. The normalized spacial score (nSPS) is 14.3. The van der Waals surface area contributed by atoms with Gasteiger partial charge in [-0.25, -0.2) is 9.97 Å². The van der Waals surface area contributed by atoms with Gasteiger partial charge in [0.2, 0.25) is 11.6 Å². The van der Waals surface area contributed by atoms with E-state index in [4.69, 9.17) is 10.5 Å². The van der Waals surface area contributed by atoms with E-state index in [1.807, 2.05) is 0 Å². The van der Waals surface area contributed by atoms with Crippen LogP contribution < -0.4 is 11.1 Å². The molecular weight excluding hydrogens is 250 g/mol. The Morgan fingerprint density at radius 3 is 3.00 bits per heavy atom. The molecule has 1 aliphatic carbocycles. The zero-order valence-electron chi connectivity index (χ0n) is 10.5. The summed E-state index contributed by atoms with van der Waals surface area (Å²) in [6, 6.07) is 0. The Morgan fingerprint density at radius 1 is 1.53 bits per heavy atom. The summed E-state index contributed by atoms with van der Waals surface area (Å²) in [7, 11) is 0. The summed E-state index contributed by atoms with van der Waals surface area (Å²) in [6.07, 6.45) is 4.50. The molecule has 1 aromatic heterocycles. The van der Waals surface area contributed by atoms with Gasteiger partial charge in [0.15, 0.2) is 0 Å². The lowest BCUT2D eigenvalue weighted by Crippen LogP contribution is -2.11. The third-order valence-electron chi connectivity index (χ3n) is 2.84. The van der Waals surface area contributed by atoms with Crippen LogP contribution in [-0.4, -0.2) is 34.6 Å². The Morgan fingerprint density at radius 2 is 2.32 bits per heavy atom. The van der Waals surface area contributed by atoms with Crippen molar-refractivity contribution < 1.29 is 9.66 Å². The first-order chi connectivity index (χ1) is 9.18. The summed E-state index contributed by atoms with van der Waals surface area (Å²) >= 11 is 0. The van der Waals surface area contributed by atoms with Crippen molar-refractivity contribution in [3.05, 3.63) is 16.4 Å². The van der Waals surface area contributed by atoms with E-state index in [1.165, 1.54) is 19.2 Å². The van der Waals surface area contributed by atoms with Crippen LogP contribution in [0.25, 0.3) is 0 Å². The number of nitro groups is 1. The van der Waals surface area contributed by atoms with Crippen molar-refractivity contribution in [1.29, 1.82) is 0 Å². The van der Waals surface area contributed by atoms with Crippen molar-refractivity contribution in [3.8, 4) is 0 Å². The molecule has 1 aromatic rings. The third-order valence-corrected chi connectivity index (χ3v) is 2.84. The van der Waals surface area contributed by atoms with Crippen molar-refractivity contribution in [3.63, 3.8) is 0 Å². The van der Waals surface area contributed by atoms with E-state index in [1.54, 1.807) is 0 Å². The lowest BCUT2D eigenvalue weighted by molar-refractivity contribution is -0.383. The Balaban J connectivity index is 1.75. The molecule has 8 nitrogen and oxygen atoms in total. The predicted octanol–water partition coefficient (Wildman–Crippen LogP) is 1.20. The molecule has 0 saturated heterocycles. The molecule has 3 N–H and O–H groups in total. The van der Waals surface area contributed by atoms with Gasteiger partial charge in [-0.05, 0) is 25.2 Å². The maximum absolute atomic E-state index is 10.8. The van der Waals surface area contributed by atoms with E-state index in [9.17, 15) is 10.1 Å². The molecule has 0 aliphatic heterocycles. The molecule has 8 heteroatoms. The standard InChI is InChI=1S/C11H17N5O3/c12-10-9(16(17)18)11(15-7-14-10)13-4-1-5-19-6-8-2-3-8/h7-8H,1-6H2,(H3,12,13,14,15). The molecule has 104 valence electrons. The number of aromatic nitrogens is 2. The average Bonchev–Trinajstić information content (AvgIpc) is 3.17. The zero-order valence-corrected chi connectivity index (χ0v) is 10.5. The highest BCUT2D eigenvalue weighted by Crippen LogP contribution is 2.29. The molecule has 0 bridgehead atoms. The quantitative estimate of drug-likeness (QED) is 0.413. The van der Waals surface area contributed by atoms with Gasteiger partial charge in [0.1, 0.15) is 6.33 Å². The number of nitrogens with zero attached hydrogens (tertiary/aromatic N) is 3. The number of nitrogen functional groups attached to an aromatic ring is 1. The van der Waals surface area contributed by atoms with E-state index in [-0.39, 0.29) is 17.3 Å². The number of anilines is 2. The second-order valence-corrected chi connectivity index (χ2v) is 4.51. The lowest BCUT2D eigenvalue weighted by Gasteiger charge is -2.07. The van der Waals surface area contributed by atoms with Crippen LogP contribution in [0.1, 0.15) is 19.3 Å². The van der Waals surface area contributed by atoms with Gasteiger partial charge in [-0.1, -0.05) is 0 Å². The van der Waals surface area contributed by atoms with Crippen molar-refractivity contribution >= 4 is 17.3 Å². The van der Waals surface area contributed by atoms with Crippen molar-refractivity contribution in [2.75, 3.05) is 30.8 Å². The number of rotatable bonds is 8. The van der Waals surface area contributed by atoms with Gasteiger partial charge in [0.05, 0.1) is 4.92 Å². The Hall–Kier alpha value is -1.96. The second kappa shape index (κ2) is 6.28. The van der Waals surface area contributed by atoms with E-state index in [0.717, 1.165) is 18.9 Å². The number of nitrogens with two attached hydrogens (primary N) is 1.